The van der Waals surface area contributed by atoms with Gasteiger partial charge in [0, 0.05) is 16.5 Å². The number of nitrogens with one attached hydrogen (secondary N) is 1. The van der Waals surface area contributed by atoms with Gasteiger partial charge in [-0.2, -0.15) is 5.10 Å². The monoisotopic (exact) mass is 474 g/mol. The number of ether oxygens (including phenoxy) is 1. The fraction of sp³-hybridized carbons (Fsp3) is 0.308. The molecule has 174 valence electrons. The Hall–Kier alpha value is -3.52. The summed E-state index contributed by atoms with van der Waals surface area (Å²) in [6.07, 6.45) is 6.78. The van der Waals surface area contributed by atoms with Crippen LogP contribution < -0.4 is 5.32 Å². The number of fused-ring (bicyclic) bond motifs is 2. The molecular weight excluding hydrogens is 448 g/mol. The van der Waals surface area contributed by atoms with Crippen LogP contribution in [0.25, 0.3) is 22.2 Å². The van der Waals surface area contributed by atoms with Crippen molar-refractivity contribution in [3.05, 3.63) is 64.3 Å². The van der Waals surface area contributed by atoms with Crippen molar-refractivity contribution in [2.75, 3.05) is 12.4 Å². The summed E-state index contributed by atoms with van der Waals surface area (Å²) in [5.74, 6) is -0.651. The number of aryl methyl sites for hydroxylation is 2. The lowest BCUT2D eigenvalue weighted by molar-refractivity contribution is -0.116. The van der Waals surface area contributed by atoms with Gasteiger partial charge in [0.1, 0.15) is 11.5 Å². The molecule has 7 nitrogen and oxygen atoms in total. The Kier molecular flexibility index (Phi) is 6.15. The van der Waals surface area contributed by atoms with E-state index in [0.29, 0.717) is 16.2 Å². The Morgan fingerprint density at radius 3 is 2.71 bits per heavy atom. The first-order valence-electron chi connectivity index (χ1n) is 11.5. The maximum Gasteiger partial charge on any atom is 0.341 e. The van der Waals surface area contributed by atoms with Crippen LogP contribution in [0, 0.1) is 6.92 Å². The molecule has 4 aromatic rings. The summed E-state index contributed by atoms with van der Waals surface area (Å²) in [7, 11) is 1.38. The summed E-state index contributed by atoms with van der Waals surface area (Å²) >= 11 is 1.49. The zero-order chi connectivity index (χ0) is 23.7. The van der Waals surface area contributed by atoms with Crippen LogP contribution >= 0.6 is 11.3 Å². The number of esters is 1. The normalized spacial score (nSPS) is 13.4. The zero-order valence-corrected chi connectivity index (χ0v) is 20.1. The van der Waals surface area contributed by atoms with Crippen molar-refractivity contribution < 1.29 is 14.3 Å². The summed E-state index contributed by atoms with van der Waals surface area (Å²) in [6.45, 7) is 1.93. The topological polar surface area (TPSA) is 86.1 Å². The predicted octanol–water partition coefficient (Wildman–Crippen LogP) is 5.16. The average Bonchev–Trinajstić information content (AvgIpc) is 3.25. The van der Waals surface area contributed by atoms with E-state index in [1.807, 2.05) is 43.3 Å². The molecule has 1 N–H and O–H groups in total. The molecule has 0 fully saturated rings. The molecule has 0 saturated carbocycles. The number of carbonyl (C=O) groups is 2. The van der Waals surface area contributed by atoms with E-state index < -0.39 is 5.97 Å². The van der Waals surface area contributed by atoms with Crippen molar-refractivity contribution in [2.24, 2.45) is 0 Å². The maximum atomic E-state index is 13.1. The molecule has 0 atom stereocenters. The fourth-order valence-electron chi connectivity index (χ4n) is 4.70. The quantitative estimate of drug-likeness (QED) is 0.319. The van der Waals surface area contributed by atoms with Gasteiger partial charge >= 0.3 is 5.97 Å². The summed E-state index contributed by atoms with van der Waals surface area (Å²) < 4.78 is 6.67. The third-order valence-electron chi connectivity index (χ3n) is 6.25. The Labute approximate surface area is 201 Å². The third-order valence-corrected chi connectivity index (χ3v) is 7.46. The minimum atomic E-state index is -0.399. The molecule has 0 radical (unpaired) electrons. The van der Waals surface area contributed by atoms with E-state index in [1.165, 1.54) is 23.3 Å². The van der Waals surface area contributed by atoms with E-state index in [4.69, 9.17) is 4.74 Å². The van der Waals surface area contributed by atoms with E-state index in [9.17, 15) is 9.59 Å². The van der Waals surface area contributed by atoms with Crippen molar-refractivity contribution in [1.82, 2.24) is 14.8 Å². The first-order chi connectivity index (χ1) is 16.6. The lowest BCUT2D eigenvalue weighted by Crippen LogP contribution is -2.20. The number of benzene rings is 1. The van der Waals surface area contributed by atoms with Crippen LogP contribution in [0.5, 0.6) is 0 Å². The molecule has 0 saturated heterocycles. The number of rotatable bonds is 5. The Bertz CT molecular complexity index is 1370. The van der Waals surface area contributed by atoms with Gasteiger partial charge in [-0.05, 0) is 55.4 Å². The van der Waals surface area contributed by atoms with Gasteiger partial charge in [0.25, 0.3) is 0 Å². The highest BCUT2D eigenvalue weighted by Crippen LogP contribution is 2.38. The van der Waals surface area contributed by atoms with E-state index in [-0.39, 0.29) is 12.5 Å². The zero-order valence-electron chi connectivity index (χ0n) is 19.3. The number of aromatic nitrogens is 3. The van der Waals surface area contributed by atoms with Crippen molar-refractivity contribution in [3.8, 4) is 11.1 Å². The number of carbonyl (C=O) groups excluding carboxylic acids is 2. The van der Waals surface area contributed by atoms with E-state index in [1.54, 1.807) is 10.9 Å². The minimum Gasteiger partial charge on any atom is -0.465 e. The van der Waals surface area contributed by atoms with E-state index in [0.717, 1.165) is 59.9 Å². The summed E-state index contributed by atoms with van der Waals surface area (Å²) in [5.41, 5.74) is 5.11. The summed E-state index contributed by atoms with van der Waals surface area (Å²) in [4.78, 5) is 31.4. The molecule has 0 unspecified atom stereocenters. The minimum absolute atomic E-state index is 0.00123. The Morgan fingerprint density at radius 1 is 1.12 bits per heavy atom. The molecule has 5 rings (SSSR count). The molecule has 1 aliphatic carbocycles. The summed E-state index contributed by atoms with van der Waals surface area (Å²) in [6, 6.07) is 12.0. The van der Waals surface area contributed by atoms with Crippen molar-refractivity contribution in [3.63, 3.8) is 0 Å². The van der Waals surface area contributed by atoms with Crippen LogP contribution in [-0.4, -0.2) is 33.8 Å². The molecule has 0 aliphatic heterocycles. The third kappa shape index (κ3) is 4.09. The van der Waals surface area contributed by atoms with Crippen molar-refractivity contribution in [2.45, 2.75) is 45.6 Å². The smallest absolute Gasteiger partial charge is 0.341 e. The summed E-state index contributed by atoms with van der Waals surface area (Å²) in [5, 5.41) is 9.07. The lowest BCUT2D eigenvalue weighted by atomic mass is 10.0. The van der Waals surface area contributed by atoms with Gasteiger partial charge < -0.3 is 10.1 Å². The average molecular weight is 475 g/mol. The van der Waals surface area contributed by atoms with Crippen LogP contribution in [0.4, 0.5) is 5.00 Å². The van der Waals surface area contributed by atoms with Gasteiger partial charge in [0.2, 0.25) is 5.91 Å². The standard InChI is InChI=1S/C26H26N4O3S/c1-16-22-18(17-9-5-3-6-10-17)13-14-27-24(22)30(29-16)15-21(31)28-25-23(26(32)33-2)19-11-7-4-8-12-20(19)34-25/h3,5-6,9-10,13-14H,4,7-8,11-12,15H2,1-2H3,(H,28,31). The highest BCUT2D eigenvalue weighted by molar-refractivity contribution is 7.17. The number of nitrogens with zero attached hydrogens (tertiary/aromatic N) is 3. The van der Waals surface area contributed by atoms with Gasteiger partial charge in [-0.3, -0.25) is 4.79 Å². The van der Waals surface area contributed by atoms with Gasteiger partial charge in [0.05, 0.1) is 18.4 Å². The molecule has 3 aromatic heterocycles. The molecule has 3 heterocycles. The molecular formula is C26H26N4O3S. The molecule has 0 bridgehead atoms. The van der Waals surface area contributed by atoms with Crippen LogP contribution in [0.3, 0.4) is 0 Å². The predicted molar refractivity (Wildman–Crippen MR) is 133 cm³/mol. The lowest BCUT2D eigenvalue weighted by Gasteiger charge is -2.08. The van der Waals surface area contributed by atoms with Gasteiger partial charge in [-0.25, -0.2) is 14.5 Å². The Balaban J connectivity index is 1.45. The van der Waals surface area contributed by atoms with Gasteiger partial charge in [0.15, 0.2) is 5.65 Å². The van der Waals surface area contributed by atoms with Gasteiger partial charge in [-0.1, -0.05) is 36.8 Å². The van der Waals surface area contributed by atoms with Crippen LogP contribution in [0.2, 0.25) is 0 Å². The largest absolute Gasteiger partial charge is 0.465 e. The van der Waals surface area contributed by atoms with Crippen molar-refractivity contribution in [1.29, 1.82) is 0 Å². The first-order valence-corrected chi connectivity index (χ1v) is 12.3. The maximum absolute atomic E-state index is 13.1. The fourth-order valence-corrected chi connectivity index (χ4v) is 5.99. The molecule has 1 amide bonds. The van der Waals surface area contributed by atoms with Crippen LogP contribution in [-0.2, 0) is 28.9 Å². The van der Waals surface area contributed by atoms with Crippen molar-refractivity contribution >= 4 is 39.2 Å². The number of hydrogen-bond donors (Lipinski definition) is 1. The van der Waals surface area contributed by atoms with Crippen LogP contribution in [0.1, 0.15) is 45.8 Å². The number of hydrogen-bond acceptors (Lipinski definition) is 6. The number of anilines is 1. The van der Waals surface area contributed by atoms with Crippen LogP contribution in [0.15, 0.2) is 42.6 Å². The second kappa shape index (κ2) is 9.38. The molecule has 8 heteroatoms. The second-order valence-corrected chi connectivity index (χ2v) is 9.58. The number of amides is 1. The van der Waals surface area contributed by atoms with E-state index >= 15 is 0 Å². The SMILES string of the molecule is COC(=O)c1c(NC(=O)Cn2nc(C)c3c(-c4ccccc4)ccnc32)sc2c1CCCCC2. The number of pyridine rings is 1. The highest BCUT2D eigenvalue weighted by atomic mass is 32.1. The molecule has 1 aliphatic rings. The first kappa shape index (κ1) is 22.3. The van der Waals surface area contributed by atoms with Gasteiger partial charge in [-0.15, -0.1) is 11.3 Å². The number of thiophene rings is 1. The molecule has 34 heavy (non-hydrogen) atoms. The second-order valence-electron chi connectivity index (χ2n) is 8.47. The highest BCUT2D eigenvalue weighted by Gasteiger charge is 2.26. The number of methoxy groups -OCH3 is 1. The molecule has 0 spiro atoms. The van der Waals surface area contributed by atoms with E-state index in [2.05, 4.69) is 15.4 Å². The Morgan fingerprint density at radius 2 is 1.91 bits per heavy atom. The molecule has 1 aromatic carbocycles.